The molecule has 0 aromatic heterocycles. The molecule has 1 amide bonds. The van der Waals surface area contributed by atoms with E-state index in [1.165, 1.54) is 122 Å². The van der Waals surface area contributed by atoms with Gasteiger partial charge in [0.15, 0.2) is 0 Å². The number of aliphatic hydroxyl groups excluding tert-OH is 2. The first-order chi connectivity index (χ1) is 23.2. The first-order valence-corrected chi connectivity index (χ1v) is 21.4. The number of amides is 1. The largest absolute Gasteiger partial charge is 0.387 e. The molecule has 4 N–H and O–H groups in total. The fourth-order valence-corrected chi connectivity index (χ4v) is 6.55. The summed E-state index contributed by atoms with van der Waals surface area (Å²) in [5.74, 6) is -1.56. The molecule has 0 saturated heterocycles. The standard InChI is InChI=1S/C40H75NO6S/c1-3-5-7-9-11-13-15-17-19-21-23-25-27-29-31-33-35-39(43)40(44)41-37(36-48(45,46)47)38(42)34-32-30-28-26-24-22-20-18-16-14-12-10-8-6-4-2/h17,19,24,26,32,34,37-39,42-43H,3-16,18,20-23,25,27-31,33,35-36H2,1-2H3,(H,41,44)(H,45,46,47)/b19-17-,26-24+,34-32+. The van der Waals surface area contributed by atoms with Gasteiger partial charge < -0.3 is 15.5 Å². The monoisotopic (exact) mass is 698 g/mol. The highest BCUT2D eigenvalue weighted by atomic mass is 32.2. The van der Waals surface area contributed by atoms with Gasteiger partial charge in [0.25, 0.3) is 10.1 Å². The van der Waals surface area contributed by atoms with Crippen LogP contribution in [0.25, 0.3) is 0 Å². The molecule has 48 heavy (non-hydrogen) atoms. The summed E-state index contributed by atoms with van der Waals surface area (Å²) >= 11 is 0. The molecular formula is C40H75NO6S. The van der Waals surface area contributed by atoms with Crippen LogP contribution in [0, 0.1) is 0 Å². The molecule has 282 valence electrons. The molecular weight excluding hydrogens is 623 g/mol. The third-order valence-corrected chi connectivity index (χ3v) is 9.68. The third-order valence-electron chi connectivity index (χ3n) is 8.90. The average molecular weight is 698 g/mol. The molecule has 0 saturated carbocycles. The van der Waals surface area contributed by atoms with Crippen LogP contribution in [-0.4, -0.2) is 53.1 Å². The van der Waals surface area contributed by atoms with Crippen molar-refractivity contribution in [1.29, 1.82) is 0 Å². The van der Waals surface area contributed by atoms with Crippen molar-refractivity contribution < 1.29 is 28.0 Å². The zero-order valence-electron chi connectivity index (χ0n) is 31.0. The number of hydrogen-bond acceptors (Lipinski definition) is 5. The van der Waals surface area contributed by atoms with E-state index in [1.54, 1.807) is 6.08 Å². The Morgan fingerprint density at radius 2 is 0.938 bits per heavy atom. The number of unbranched alkanes of at least 4 members (excludes halogenated alkanes) is 22. The van der Waals surface area contributed by atoms with E-state index in [2.05, 4.69) is 43.5 Å². The first-order valence-electron chi connectivity index (χ1n) is 19.8. The lowest BCUT2D eigenvalue weighted by atomic mass is 10.0. The summed E-state index contributed by atoms with van der Waals surface area (Å²) in [6, 6.07) is -1.25. The Labute approximate surface area is 296 Å². The molecule has 7 nitrogen and oxygen atoms in total. The molecule has 3 unspecified atom stereocenters. The van der Waals surface area contributed by atoms with E-state index in [9.17, 15) is 28.0 Å². The van der Waals surface area contributed by atoms with E-state index in [4.69, 9.17) is 0 Å². The maximum absolute atomic E-state index is 12.6. The van der Waals surface area contributed by atoms with E-state index in [1.807, 2.05) is 0 Å². The van der Waals surface area contributed by atoms with Gasteiger partial charge in [-0.15, -0.1) is 0 Å². The van der Waals surface area contributed by atoms with Crippen LogP contribution in [0.1, 0.15) is 187 Å². The summed E-state index contributed by atoms with van der Waals surface area (Å²) in [6.45, 7) is 4.49. The predicted molar refractivity (Wildman–Crippen MR) is 204 cm³/mol. The molecule has 0 spiro atoms. The minimum Gasteiger partial charge on any atom is -0.387 e. The smallest absolute Gasteiger partial charge is 0.267 e. The fraction of sp³-hybridized carbons (Fsp3) is 0.825. The van der Waals surface area contributed by atoms with Gasteiger partial charge in [-0.05, 0) is 57.8 Å². The number of rotatable bonds is 35. The summed E-state index contributed by atoms with van der Waals surface area (Å²) in [4.78, 5) is 12.6. The lowest BCUT2D eigenvalue weighted by molar-refractivity contribution is -0.130. The second-order valence-corrected chi connectivity index (χ2v) is 15.2. The molecule has 0 aliphatic heterocycles. The van der Waals surface area contributed by atoms with Gasteiger partial charge in [0.1, 0.15) is 6.10 Å². The molecule has 3 atom stereocenters. The van der Waals surface area contributed by atoms with Crippen molar-refractivity contribution in [3.8, 4) is 0 Å². The SMILES string of the molecule is CCCCCCCC/C=C\CCCCCCCCC(O)C(=O)NC(CS(=O)(=O)O)C(O)/C=C/CC/C=C/CCCCCCCCCCC. The van der Waals surface area contributed by atoms with Gasteiger partial charge in [-0.3, -0.25) is 9.35 Å². The highest BCUT2D eigenvalue weighted by Gasteiger charge is 2.27. The summed E-state index contributed by atoms with van der Waals surface area (Å²) in [7, 11) is -4.45. The number of nitrogens with one attached hydrogen (secondary N) is 1. The summed E-state index contributed by atoms with van der Waals surface area (Å²) in [6.07, 6.45) is 40.5. The lowest BCUT2D eigenvalue weighted by Gasteiger charge is -2.22. The van der Waals surface area contributed by atoms with E-state index in [0.717, 1.165) is 38.5 Å². The Morgan fingerprint density at radius 3 is 1.38 bits per heavy atom. The molecule has 0 aromatic rings. The lowest BCUT2D eigenvalue weighted by Crippen LogP contribution is -2.50. The molecule has 0 aliphatic carbocycles. The van der Waals surface area contributed by atoms with Crippen molar-refractivity contribution >= 4 is 16.0 Å². The maximum Gasteiger partial charge on any atom is 0.267 e. The molecule has 0 rings (SSSR count). The molecule has 8 heteroatoms. The third kappa shape index (κ3) is 33.0. The van der Waals surface area contributed by atoms with E-state index >= 15 is 0 Å². The summed E-state index contributed by atoms with van der Waals surface area (Å²) in [5.41, 5.74) is 0. The Hall–Kier alpha value is -1.48. The molecule has 0 bridgehead atoms. The van der Waals surface area contributed by atoms with Crippen LogP contribution in [0.5, 0.6) is 0 Å². The van der Waals surface area contributed by atoms with Crippen LogP contribution < -0.4 is 5.32 Å². The quantitative estimate of drug-likeness (QED) is 0.0297. The second kappa shape index (κ2) is 34.0. The Kier molecular flexibility index (Phi) is 32.9. The minimum atomic E-state index is -4.45. The number of carbonyl (C=O) groups is 1. The van der Waals surface area contributed by atoms with Crippen molar-refractivity contribution in [3.05, 3.63) is 36.5 Å². The van der Waals surface area contributed by atoms with Gasteiger partial charge in [-0.2, -0.15) is 8.42 Å². The van der Waals surface area contributed by atoms with Gasteiger partial charge in [-0.1, -0.05) is 166 Å². The number of hydrogen-bond donors (Lipinski definition) is 4. The maximum atomic E-state index is 12.6. The van der Waals surface area contributed by atoms with E-state index < -0.39 is 40.0 Å². The average Bonchev–Trinajstić information content (AvgIpc) is 3.05. The summed E-state index contributed by atoms with van der Waals surface area (Å²) < 4.78 is 32.4. The van der Waals surface area contributed by atoms with Crippen LogP contribution in [0.2, 0.25) is 0 Å². The normalized spacial score (nSPS) is 14.4. The van der Waals surface area contributed by atoms with Crippen molar-refractivity contribution in [2.45, 2.75) is 205 Å². The number of carbonyl (C=O) groups excluding carboxylic acids is 1. The topological polar surface area (TPSA) is 124 Å². The molecule has 0 aromatic carbocycles. The first kappa shape index (κ1) is 46.5. The zero-order valence-corrected chi connectivity index (χ0v) is 31.8. The van der Waals surface area contributed by atoms with Crippen molar-refractivity contribution in [2.75, 3.05) is 5.75 Å². The van der Waals surface area contributed by atoms with Crippen molar-refractivity contribution in [3.63, 3.8) is 0 Å². The van der Waals surface area contributed by atoms with Crippen molar-refractivity contribution in [2.24, 2.45) is 0 Å². The Balaban J connectivity index is 4.13. The Morgan fingerprint density at radius 1 is 0.562 bits per heavy atom. The Bertz CT molecular complexity index is 917. The number of aliphatic hydroxyl groups is 2. The van der Waals surface area contributed by atoms with Crippen LogP contribution >= 0.6 is 0 Å². The van der Waals surface area contributed by atoms with Gasteiger partial charge in [0.2, 0.25) is 5.91 Å². The molecule has 0 aliphatic rings. The van der Waals surface area contributed by atoms with E-state index in [0.29, 0.717) is 12.8 Å². The van der Waals surface area contributed by atoms with Crippen LogP contribution in [0.3, 0.4) is 0 Å². The van der Waals surface area contributed by atoms with Gasteiger partial charge in [0.05, 0.1) is 17.9 Å². The zero-order chi connectivity index (χ0) is 35.6. The van der Waals surface area contributed by atoms with Crippen LogP contribution in [0.15, 0.2) is 36.5 Å². The fourth-order valence-electron chi connectivity index (χ4n) is 5.82. The van der Waals surface area contributed by atoms with Gasteiger partial charge in [0, 0.05) is 0 Å². The predicted octanol–water partition coefficient (Wildman–Crippen LogP) is 10.3. The van der Waals surface area contributed by atoms with Crippen LogP contribution in [-0.2, 0) is 14.9 Å². The highest BCUT2D eigenvalue weighted by molar-refractivity contribution is 7.85. The molecule has 0 radical (unpaired) electrons. The van der Waals surface area contributed by atoms with Gasteiger partial charge in [-0.25, -0.2) is 0 Å². The number of allylic oxidation sites excluding steroid dienone is 5. The minimum absolute atomic E-state index is 0.267. The summed E-state index contributed by atoms with van der Waals surface area (Å²) in [5, 5.41) is 23.3. The van der Waals surface area contributed by atoms with E-state index in [-0.39, 0.29) is 6.42 Å². The van der Waals surface area contributed by atoms with Crippen molar-refractivity contribution in [1.82, 2.24) is 5.32 Å². The molecule has 0 heterocycles. The molecule has 0 fully saturated rings. The highest BCUT2D eigenvalue weighted by Crippen LogP contribution is 2.13. The second-order valence-electron chi connectivity index (χ2n) is 13.7. The van der Waals surface area contributed by atoms with Crippen LogP contribution in [0.4, 0.5) is 0 Å². The van der Waals surface area contributed by atoms with Gasteiger partial charge >= 0.3 is 0 Å².